The molecule has 0 bridgehead atoms. The molecule has 0 saturated carbocycles. The number of hydrogen-bond donors (Lipinski definition) is 1. The normalized spacial score (nSPS) is 11.1. The number of nitrogens with zero attached hydrogens (tertiary/aromatic N) is 3. The summed E-state index contributed by atoms with van der Waals surface area (Å²) in [5.74, 6) is 0. The largest absolute Gasteiger partial charge is 0.342 e. The third kappa shape index (κ3) is 4.31. The standard InChI is InChI=1S/C17H16N4O3S/c18-25(22,23)16-10-5-4-9-15(16)21(13-14-7-2-1-3-8-14)24-17-19-11-6-12-20-17/h1-12H,13H2,(H2,18,22,23). The summed E-state index contributed by atoms with van der Waals surface area (Å²) in [5.41, 5.74) is 1.23. The van der Waals surface area contributed by atoms with Gasteiger partial charge in [0.15, 0.2) is 0 Å². The first kappa shape index (κ1) is 16.9. The van der Waals surface area contributed by atoms with E-state index in [1.807, 2.05) is 30.3 Å². The number of rotatable bonds is 6. The monoisotopic (exact) mass is 356 g/mol. The minimum Gasteiger partial charge on any atom is -0.337 e. The lowest BCUT2D eigenvalue weighted by Gasteiger charge is -2.24. The molecule has 0 radical (unpaired) electrons. The zero-order valence-corrected chi connectivity index (χ0v) is 14.0. The van der Waals surface area contributed by atoms with Gasteiger partial charge in [-0.3, -0.25) is 0 Å². The molecule has 2 N–H and O–H groups in total. The van der Waals surface area contributed by atoms with E-state index in [-0.39, 0.29) is 17.5 Å². The fourth-order valence-electron chi connectivity index (χ4n) is 2.25. The van der Waals surface area contributed by atoms with E-state index in [1.54, 1.807) is 24.3 Å². The molecule has 2 aromatic carbocycles. The maximum atomic E-state index is 11.9. The number of anilines is 1. The van der Waals surface area contributed by atoms with Gasteiger partial charge >= 0.3 is 6.01 Å². The molecule has 0 aliphatic rings. The summed E-state index contributed by atoms with van der Waals surface area (Å²) in [5, 5.41) is 6.75. The van der Waals surface area contributed by atoms with E-state index in [9.17, 15) is 8.42 Å². The van der Waals surface area contributed by atoms with Crippen LogP contribution in [0.15, 0.2) is 78.0 Å². The molecule has 0 aliphatic heterocycles. The molecule has 0 unspecified atom stereocenters. The Bertz CT molecular complexity index is 893. The average Bonchev–Trinajstić information content (AvgIpc) is 2.62. The van der Waals surface area contributed by atoms with Crippen LogP contribution in [0.25, 0.3) is 0 Å². The van der Waals surface area contributed by atoms with Crippen LogP contribution < -0.4 is 15.0 Å². The van der Waals surface area contributed by atoms with Crippen molar-refractivity contribution < 1.29 is 13.3 Å². The van der Waals surface area contributed by atoms with Crippen molar-refractivity contribution in [1.82, 2.24) is 9.97 Å². The first-order valence-corrected chi connectivity index (χ1v) is 8.97. The molecule has 3 rings (SSSR count). The van der Waals surface area contributed by atoms with Crippen molar-refractivity contribution in [3.8, 4) is 6.01 Å². The highest BCUT2D eigenvalue weighted by Gasteiger charge is 2.21. The molecular formula is C17H16N4O3S. The van der Waals surface area contributed by atoms with Crippen LogP contribution in [-0.2, 0) is 16.6 Å². The van der Waals surface area contributed by atoms with E-state index in [2.05, 4.69) is 9.97 Å². The number of primary sulfonamides is 1. The van der Waals surface area contributed by atoms with Crippen LogP contribution in [0.3, 0.4) is 0 Å². The lowest BCUT2D eigenvalue weighted by molar-refractivity contribution is 0.250. The first-order chi connectivity index (χ1) is 12.0. The highest BCUT2D eigenvalue weighted by atomic mass is 32.2. The van der Waals surface area contributed by atoms with Crippen molar-refractivity contribution in [3.05, 3.63) is 78.6 Å². The quantitative estimate of drug-likeness (QED) is 0.679. The fraction of sp³-hybridized carbons (Fsp3) is 0.0588. The molecule has 0 fully saturated rings. The lowest BCUT2D eigenvalue weighted by atomic mass is 10.2. The second kappa shape index (κ2) is 7.29. The zero-order chi connectivity index (χ0) is 17.7. The predicted octanol–water partition coefficient (Wildman–Crippen LogP) is 2.12. The van der Waals surface area contributed by atoms with Crippen molar-refractivity contribution in [2.45, 2.75) is 11.4 Å². The van der Waals surface area contributed by atoms with Gasteiger partial charge in [0.1, 0.15) is 4.90 Å². The molecule has 8 heteroatoms. The van der Waals surface area contributed by atoms with Crippen LogP contribution >= 0.6 is 0 Å². The first-order valence-electron chi connectivity index (χ1n) is 7.42. The van der Waals surface area contributed by atoms with E-state index in [1.165, 1.54) is 23.5 Å². The smallest absolute Gasteiger partial charge is 0.337 e. The van der Waals surface area contributed by atoms with Crippen LogP contribution in [-0.4, -0.2) is 18.4 Å². The van der Waals surface area contributed by atoms with Gasteiger partial charge in [0, 0.05) is 12.4 Å². The maximum Gasteiger partial charge on any atom is 0.342 e. The van der Waals surface area contributed by atoms with Crippen molar-refractivity contribution in [1.29, 1.82) is 0 Å². The molecule has 0 spiro atoms. The Morgan fingerprint density at radius 1 is 0.920 bits per heavy atom. The Kier molecular flexibility index (Phi) is 4.92. The molecule has 7 nitrogen and oxygen atoms in total. The van der Waals surface area contributed by atoms with Gasteiger partial charge in [0.2, 0.25) is 10.0 Å². The summed E-state index contributed by atoms with van der Waals surface area (Å²) in [7, 11) is -3.93. The van der Waals surface area contributed by atoms with E-state index in [0.717, 1.165) is 5.56 Å². The Morgan fingerprint density at radius 2 is 1.56 bits per heavy atom. The Balaban J connectivity index is 2.02. The van der Waals surface area contributed by atoms with Crippen LogP contribution in [0.4, 0.5) is 5.69 Å². The van der Waals surface area contributed by atoms with Crippen molar-refractivity contribution in [3.63, 3.8) is 0 Å². The molecule has 0 amide bonds. The third-order valence-corrected chi connectivity index (χ3v) is 4.30. The van der Waals surface area contributed by atoms with Gasteiger partial charge < -0.3 is 4.84 Å². The van der Waals surface area contributed by atoms with Gasteiger partial charge in [0.05, 0.1) is 12.2 Å². The minimum atomic E-state index is -3.93. The van der Waals surface area contributed by atoms with Gasteiger partial charge in [-0.05, 0) is 23.8 Å². The summed E-state index contributed by atoms with van der Waals surface area (Å²) in [6.45, 7) is 0.283. The maximum absolute atomic E-state index is 11.9. The SMILES string of the molecule is NS(=O)(=O)c1ccccc1N(Cc1ccccc1)Oc1ncccn1. The van der Waals surface area contributed by atoms with E-state index in [0.29, 0.717) is 5.69 Å². The number of hydroxylamine groups is 1. The third-order valence-electron chi connectivity index (χ3n) is 3.34. The summed E-state index contributed by atoms with van der Waals surface area (Å²) in [6, 6.07) is 17.6. The predicted molar refractivity (Wildman–Crippen MR) is 93.1 cm³/mol. The number of para-hydroxylation sites is 1. The summed E-state index contributed by atoms with van der Waals surface area (Å²) < 4.78 is 23.9. The topological polar surface area (TPSA) is 98.4 Å². The number of hydrogen-bond acceptors (Lipinski definition) is 6. The summed E-state index contributed by atoms with van der Waals surface area (Å²) in [6.07, 6.45) is 3.07. The van der Waals surface area contributed by atoms with Crippen LogP contribution in [0, 0.1) is 0 Å². The van der Waals surface area contributed by atoms with Crippen molar-refractivity contribution in [2.75, 3.05) is 5.06 Å². The number of benzene rings is 2. The van der Waals surface area contributed by atoms with Gasteiger partial charge in [-0.25, -0.2) is 28.6 Å². The molecule has 0 aliphatic carbocycles. The molecule has 1 aromatic heterocycles. The second-order valence-corrected chi connectivity index (χ2v) is 6.69. The Morgan fingerprint density at radius 3 is 2.24 bits per heavy atom. The van der Waals surface area contributed by atoms with E-state index < -0.39 is 10.0 Å². The zero-order valence-electron chi connectivity index (χ0n) is 13.2. The van der Waals surface area contributed by atoms with Gasteiger partial charge in [-0.1, -0.05) is 42.5 Å². The summed E-state index contributed by atoms with van der Waals surface area (Å²) in [4.78, 5) is 13.7. The molecule has 1 heterocycles. The average molecular weight is 356 g/mol. The highest BCUT2D eigenvalue weighted by Crippen LogP contribution is 2.26. The molecular weight excluding hydrogens is 340 g/mol. The molecule has 0 atom stereocenters. The lowest BCUT2D eigenvalue weighted by Crippen LogP contribution is -2.30. The number of sulfonamides is 1. The van der Waals surface area contributed by atoms with Gasteiger partial charge in [-0.15, -0.1) is 0 Å². The van der Waals surface area contributed by atoms with Crippen LogP contribution in [0.2, 0.25) is 0 Å². The minimum absolute atomic E-state index is 0.0399. The van der Waals surface area contributed by atoms with Crippen molar-refractivity contribution >= 4 is 15.7 Å². The molecule has 128 valence electrons. The molecule has 3 aromatic rings. The Labute approximate surface area is 145 Å². The number of aromatic nitrogens is 2. The highest BCUT2D eigenvalue weighted by molar-refractivity contribution is 7.89. The van der Waals surface area contributed by atoms with Crippen LogP contribution in [0.5, 0.6) is 6.01 Å². The van der Waals surface area contributed by atoms with E-state index >= 15 is 0 Å². The molecule has 0 saturated heterocycles. The number of nitrogens with two attached hydrogens (primary N) is 1. The van der Waals surface area contributed by atoms with Gasteiger partial charge in [0.25, 0.3) is 0 Å². The second-order valence-electron chi connectivity index (χ2n) is 5.16. The van der Waals surface area contributed by atoms with E-state index in [4.69, 9.17) is 9.98 Å². The Hall–Kier alpha value is -2.97. The van der Waals surface area contributed by atoms with Crippen molar-refractivity contribution in [2.24, 2.45) is 5.14 Å². The molecule has 25 heavy (non-hydrogen) atoms. The fourth-order valence-corrected chi connectivity index (χ4v) is 2.98. The summed E-state index contributed by atoms with van der Waals surface area (Å²) >= 11 is 0. The van der Waals surface area contributed by atoms with Crippen LogP contribution in [0.1, 0.15) is 5.56 Å². The van der Waals surface area contributed by atoms with Gasteiger partial charge in [-0.2, -0.15) is 0 Å².